The third-order valence-corrected chi connectivity index (χ3v) is 5.67. The zero-order chi connectivity index (χ0) is 15.8. The van der Waals surface area contributed by atoms with E-state index >= 15 is 0 Å². The molecule has 1 heterocycles. The largest absolute Gasteiger partial charge is 0.388 e. The number of rotatable bonds is 4. The molecule has 0 bridgehead atoms. The minimum absolute atomic E-state index is 0.0785. The fourth-order valence-electron chi connectivity index (χ4n) is 1.82. The van der Waals surface area contributed by atoms with Crippen LogP contribution in [0.4, 0.5) is 17.6 Å². The first kappa shape index (κ1) is 16.5. The van der Waals surface area contributed by atoms with E-state index in [-0.39, 0.29) is 11.8 Å². The summed E-state index contributed by atoms with van der Waals surface area (Å²) >= 11 is 1.39. The average molecular weight is 345 g/mol. The summed E-state index contributed by atoms with van der Waals surface area (Å²) in [5.74, 6) is -6.79. The lowest BCUT2D eigenvalue weighted by molar-refractivity contribution is 0.0734. The van der Waals surface area contributed by atoms with E-state index in [9.17, 15) is 31.1 Å². The Morgan fingerprint density at radius 3 is 2.29 bits per heavy atom. The van der Waals surface area contributed by atoms with Gasteiger partial charge in [-0.05, 0) is 12.2 Å². The number of aliphatic hydroxyl groups is 1. The Morgan fingerprint density at radius 1 is 1.24 bits per heavy atom. The van der Waals surface area contributed by atoms with Crippen LogP contribution >= 0.6 is 11.8 Å². The quantitative estimate of drug-likeness (QED) is 0.639. The Bertz CT molecular complexity index is 634. The van der Waals surface area contributed by atoms with Crippen molar-refractivity contribution in [2.24, 2.45) is 0 Å². The Kier molecular flexibility index (Phi) is 4.52. The van der Waals surface area contributed by atoms with Crippen LogP contribution in [0.3, 0.4) is 0 Å². The highest BCUT2D eigenvalue weighted by atomic mass is 32.2. The molecule has 4 nitrogen and oxygen atoms in total. The molecule has 1 aromatic carbocycles. The van der Waals surface area contributed by atoms with E-state index in [1.54, 1.807) is 4.72 Å². The third kappa shape index (κ3) is 3.33. The topological polar surface area (TPSA) is 66.4 Å². The lowest BCUT2D eigenvalue weighted by Gasteiger charge is -2.21. The maximum absolute atomic E-state index is 13.5. The predicted octanol–water partition coefficient (Wildman–Crippen LogP) is 1.39. The molecule has 0 saturated carbocycles. The summed E-state index contributed by atoms with van der Waals surface area (Å²) in [7, 11) is -4.84. The van der Waals surface area contributed by atoms with Crippen LogP contribution in [0, 0.1) is 23.3 Å². The summed E-state index contributed by atoms with van der Waals surface area (Å²) in [6.45, 7) is -0.501. The molecule has 0 amide bonds. The number of benzene rings is 1. The van der Waals surface area contributed by atoms with Gasteiger partial charge in [0.1, 0.15) is 0 Å². The molecule has 1 aliphatic rings. The van der Waals surface area contributed by atoms with Crippen molar-refractivity contribution in [1.29, 1.82) is 0 Å². The molecule has 1 aromatic rings. The van der Waals surface area contributed by atoms with Gasteiger partial charge >= 0.3 is 0 Å². The van der Waals surface area contributed by atoms with Gasteiger partial charge in [0.2, 0.25) is 10.0 Å². The SMILES string of the molecule is O=S(=O)(NCC1(O)CCSC1)c1c(F)c(F)cc(F)c1F. The molecule has 0 aliphatic carbocycles. The minimum Gasteiger partial charge on any atom is -0.388 e. The highest BCUT2D eigenvalue weighted by Gasteiger charge is 2.35. The number of thioether (sulfide) groups is 1. The summed E-state index contributed by atoms with van der Waals surface area (Å²) in [5.41, 5.74) is -1.35. The van der Waals surface area contributed by atoms with Crippen molar-refractivity contribution in [2.75, 3.05) is 18.1 Å². The zero-order valence-corrected chi connectivity index (χ0v) is 12.1. The lowest BCUT2D eigenvalue weighted by atomic mass is 10.1. The number of halogens is 4. The molecule has 1 atom stereocenters. The lowest BCUT2D eigenvalue weighted by Crippen LogP contribution is -2.43. The summed E-state index contributed by atoms with van der Waals surface area (Å²) in [5, 5.41) is 9.97. The predicted molar refractivity (Wildman–Crippen MR) is 68.4 cm³/mol. The van der Waals surface area contributed by atoms with Gasteiger partial charge in [-0.2, -0.15) is 11.8 Å². The van der Waals surface area contributed by atoms with Crippen molar-refractivity contribution in [1.82, 2.24) is 4.72 Å². The van der Waals surface area contributed by atoms with Gasteiger partial charge in [0.05, 0.1) is 5.60 Å². The summed E-state index contributed by atoms with van der Waals surface area (Å²) in [4.78, 5) is -1.73. The van der Waals surface area contributed by atoms with Crippen molar-refractivity contribution in [3.05, 3.63) is 29.3 Å². The molecule has 118 valence electrons. The third-order valence-electron chi connectivity index (χ3n) is 3.01. The van der Waals surface area contributed by atoms with Gasteiger partial charge in [-0.25, -0.2) is 30.7 Å². The van der Waals surface area contributed by atoms with Gasteiger partial charge in [-0.1, -0.05) is 0 Å². The van der Waals surface area contributed by atoms with E-state index < -0.39 is 50.3 Å². The first-order valence-electron chi connectivity index (χ1n) is 5.79. The van der Waals surface area contributed by atoms with Gasteiger partial charge < -0.3 is 5.11 Å². The van der Waals surface area contributed by atoms with Crippen LogP contribution in [-0.2, 0) is 10.0 Å². The fourth-order valence-corrected chi connectivity index (χ4v) is 4.39. The molecule has 21 heavy (non-hydrogen) atoms. The number of hydrogen-bond acceptors (Lipinski definition) is 4. The van der Waals surface area contributed by atoms with Crippen molar-refractivity contribution in [2.45, 2.75) is 16.9 Å². The second-order valence-corrected chi connectivity index (χ2v) is 7.46. The summed E-state index contributed by atoms with van der Waals surface area (Å²) in [6, 6.07) is -0.0785. The molecule has 0 radical (unpaired) electrons. The highest BCUT2D eigenvalue weighted by molar-refractivity contribution is 7.99. The monoisotopic (exact) mass is 345 g/mol. The van der Waals surface area contributed by atoms with Crippen LogP contribution in [0.5, 0.6) is 0 Å². The number of nitrogens with one attached hydrogen (secondary N) is 1. The molecular formula is C11H11F4NO3S2. The van der Waals surface area contributed by atoms with Crippen molar-refractivity contribution >= 4 is 21.8 Å². The second kappa shape index (κ2) is 5.75. The van der Waals surface area contributed by atoms with Crippen LogP contribution in [-0.4, -0.2) is 37.2 Å². The maximum atomic E-state index is 13.5. The molecule has 0 aromatic heterocycles. The molecule has 1 aliphatic heterocycles. The Morgan fingerprint density at radius 2 is 1.81 bits per heavy atom. The van der Waals surface area contributed by atoms with E-state index in [2.05, 4.69) is 0 Å². The van der Waals surface area contributed by atoms with Crippen LogP contribution in [0.25, 0.3) is 0 Å². The van der Waals surface area contributed by atoms with Crippen molar-refractivity contribution in [3.63, 3.8) is 0 Å². The molecule has 10 heteroatoms. The van der Waals surface area contributed by atoms with E-state index in [1.165, 1.54) is 11.8 Å². The van der Waals surface area contributed by atoms with Crippen molar-refractivity contribution in [3.8, 4) is 0 Å². The van der Waals surface area contributed by atoms with Gasteiger partial charge in [-0.3, -0.25) is 0 Å². The Balaban J connectivity index is 2.32. The molecule has 1 unspecified atom stereocenters. The summed E-state index contributed by atoms with van der Waals surface area (Å²) in [6.07, 6.45) is 0.294. The normalized spacial score (nSPS) is 22.7. The Hall–Kier alpha value is -0.840. The highest BCUT2D eigenvalue weighted by Crippen LogP contribution is 2.28. The van der Waals surface area contributed by atoms with Crippen LogP contribution in [0.15, 0.2) is 11.0 Å². The van der Waals surface area contributed by atoms with E-state index in [0.29, 0.717) is 12.2 Å². The average Bonchev–Trinajstić information content (AvgIpc) is 2.82. The second-order valence-electron chi connectivity index (χ2n) is 4.65. The van der Waals surface area contributed by atoms with E-state index in [0.717, 1.165) is 0 Å². The molecular weight excluding hydrogens is 334 g/mol. The van der Waals surface area contributed by atoms with Crippen molar-refractivity contribution < 1.29 is 31.1 Å². The van der Waals surface area contributed by atoms with Crippen LogP contribution < -0.4 is 4.72 Å². The number of hydrogen-bond donors (Lipinski definition) is 2. The smallest absolute Gasteiger partial charge is 0.246 e. The van der Waals surface area contributed by atoms with Crippen LogP contribution in [0.2, 0.25) is 0 Å². The first-order chi connectivity index (χ1) is 9.66. The molecule has 1 fully saturated rings. The minimum atomic E-state index is -4.84. The molecule has 2 N–H and O–H groups in total. The van der Waals surface area contributed by atoms with E-state index in [4.69, 9.17) is 0 Å². The van der Waals surface area contributed by atoms with Gasteiger partial charge in [0, 0.05) is 18.4 Å². The fraction of sp³-hybridized carbons (Fsp3) is 0.455. The molecule has 0 spiro atoms. The van der Waals surface area contributed by atoms with Gasteiger partial charge in [-0.15, -0.1) is 0 Å². The zero-order valence-electron chi connectivity index (χ0n) is 10.5. The number of sulfonamides is 1. The molecule has 2 rings (SSSR count). The Labute approximate surface area is 122 Å². The van der Waals surface area contributed by atoms with E-state index in [1.807, 2.05) is 0 Å². The first-order valence-corrected chi connectivity index (χ1v) is 8.43. The standard InChI is InChI=1S/C11H11F4NO3S2/c12-6-3-7(13)9(15)10(8(6)14)21(18,19)16-4-11(17)1-2-20-5-11/h3,16-17H,1-2,4-5H2. The van der Waals surface area contributed by atoms with Crippen LogP contribution in [0.1, 0.15) is 6.42 Å². The summed E-state index contributed by atoms with van der Waals surface area (Å²) < 4.78 is 78.5. The van der Waals surface area contributed by atoms with Gasteiger partial charge in [0.25, 0.3) is 0 Å². The maximum Gasteiger partial charge on any atom is 0.246 e. The van der Waals surface area contributed by atoms with Gasteiger partial charge in [0.15, 0.2) is 28.2 Å². The molecule has 1 saturated heterocycles.